The third-order valence-corrected chi connectivity index (χ3v) is 4.45. The van der Waals surface area contributed by atoms with Crippen molar-refractivity contribution in [1.82, 2.24) is 30.2 Å². The Morgan fingerprint density at radius 3 is 2.78 bits per heavy atom. The molecule has 0 radical (unpaired) electrons. The van der Waals surface area contributed by atoms with E-state index in [1.807, 2.05) is 40.7 Å². The van der Waals surface area contributed by atoms with Gasteiger partial charge in [0.25, 0.3) is 5.91 Å². The van der Waals surface area contributed by atoms with E-state index in [1.54, 1.807) is 6.07 Å². The summed E-state index contributed by atoms with van der Waals surface area (Å²) in [6.07, 6.45) is 4.72. The van der Waals surface area contributed by atoms with Crippen LogP contribution in [0.15, 0.2) is 18.2 Å². The van der Waals surface area contributed by atoms with E-state index in [0.29, 0.717) is 25.3 Å². The van der Waals surface area contributed by atoms with Crippen molar-refractivity contribution in [2.45, 2.75) is 25.6 Å². The predicted molar refractivity (Wildman–Crippen MR) is 109 cm³/mol. The molecule has 3 heterocycles. The Hall–Kier alpha value is -1.61. The Kier molecular flexibility index (Phi) is 9.25. The number of aryl methyl sites for hydroxylation is 1. The van der Waals surface area contributed by atoms with Gasteiger partial charge < -0.3 is 15.1 Å². The maximum Gasteiger partial charge on any atom is 0.271 e. The van der Waals surface area contributed by atoms with Crippen LogP contribution in [0.2, 0.25) is 0 Å². The number of likely N-dealkylation sites (N-methyl/N-ethyl adjacent to an activating group) is 1. The number of aromatic nitrogens is 2. The fraction of sp³-hybridized carbons (Fsp3) is 0.588. The van der Waals surface area contributed by atoms with Crippen LogP contribution >= 0.6 is 24.8 Å². The molecule has 0 saturated heterocycles. The minimum Gasteiger partial charge on any atom is -0.349 e. The molecular formula is C17H28Cl2N6O2. The summed E-state index contributed by atoms with van der Waals surface area (Å²) in [4.78, 5) is 28.7. The van der Waals surface area contributed by atoms with Gasteiger partial charge in [-0.05, 0) is 26.6 Å². The Morgan fingerprint density at radius 2 is 2.11 bits per heavy atom. The normalized spacial score (nSPS) is 18.3. The molecule has 152 valence electrons. The standard InChI is InChI=1S/C17H26N6O2.2ClH/c1-21(2)10-7-19-16(24)15-11-13-12-22(8-4-9-23(13)20-15)17(25)14-5-3-6-18-14;;/h3,5,11,14,18H,4,6-10,12H2,1-2H3,(H,19,24);2*1H. The number of rotatable bonds is 5. The zero-order valence-corrected chi connectivity index (χ0v) is 17.3. The summed E-state index contributed by atoms with van der Waals surface area (Å²) in [5, 5.41) is 10.5. The van der Waals surface area contributed by atoms with Crippen LogP contribution in [-0.4, -0.2) is 77.7 Å². The van der Waals surface area contributed by atoms with E-state index in [2.05, 4.69) is 15.7 Å². The van der Waals surface area contributed by atoms with Gasteiger partial charge in [-0.15, -0.1) is 24.8 Å². The number of nitrogens with zero attached hydrogens (tertiary/aromatic N) is 4. The van der Waals surface area contributed by atoms with Gasteiger partial charge in [0.15, 0.2) is 5.69 Å². The van der Waals surface area contributed by atoms with E-state index in [-0.39, 0.29) is 42.7 Å². The Morgan fingerprint density at radius 1 is 1.33 bits per heavy atom. The third kappa shape index (κ3) is 5.93. The Balaban J connectivity index is 0.00000182. The highest BCUT2D eigenvalue weighted by molar-refractivity contribution is 5.92. The average Bonchev–Trinajstić information content (AvgIpc) is 3.20. The van der Waals surface area contributed by atoms with Crippen LogP contribution in [0.5, 0.6) is 0 Å². The number of amides is 2. The lowest BCUT2D eigenvalue weighted by molar-refractivity contribution is -0.132. The molecule has 2 aliphatic rings. The molecule has 1 aromatic rings. The van der Waals surface area contributed by atoms with E-state index in [4.69, 9.17) is 0 Å². The minimum atomic E-state index is -0.233. The molecule has 2 aliphatic heterocycles. The van der Waals surface area contributed by atoms with Gasteiger partial charge in [0.05, 0.1) is 12.2 Å². The van der Waals surface area contributed by atoms with Crippen molar-refractivity contribution >= 4 is 36.6 Å². The van der Waals surface area contributed by atoms with Crippen molar-refractivity contribution in [3.63, 3.8) is 0 Å². The zero-order valence-electron chi connectivity index (χ0n) is 15.7. The van der Waals surface area contributed by atoms with Gasteiger partial charge in [-0.1, -0.05) is 12.2 Å². The predicted octanol–water partition coefficient (Wildman–Crippen LogP) is 0.278. The number of nitrogens with one attached hydrogen (secondary N) is 2. The molecule has 1 atom stereocenters. The average molecular weight is 419 g/mol. The first-order valence-electron chi connectivity index (χ1n) is 8.73. The van der Waals surface area contributed by atoms with Crippen molar-refractivity contribution in [3.8, 4) is 0 Å². The first kappa shape index (κ1) is 23.4. The highest BCUT2D eigenvalue weighted by Gasteiger charge is 2.27. The van der Waals surface area contributed by atoms with Gasteiger partial charge >= 0.3 is 0 Å². The third-order valence-electron chi connectivity index (χ3n) is 4.45. The van der Waals surface area contributed by atoms with Crippen LogP contribution in [0, 0.1) is 0 Å². The van der Waals surface area contributed by atoms with Crippen molar-refractivity contribution in [1.29, 1.82) is 0 Å². The van der Waals surface area contributed by atoms with Crippen LogP contribution in [-0.2, 0) is 17.9 Å². The molecule has 2 N–H and O–H groups in total. The second kappa shape index (κ2) is 10.7. The SMILES string of the molecule is CN(C)CCNC(=O)c1cc2n(n1)CCCN(C(=O)C1C=CCN1)C2.Cl.Cl. The number of carbonyl (C=O) groups is 2. The van der Waals surface area contributed by atoms with E-state index in [0.717, 1.165) is 31.7 Å². The monoisotopic (exact) mass is 418 g/mol. The van der Waals surface area contributed by atoms with Crippen LogP contribution in [0.3, 0.4) is 0 Å². The number of hydrogen-bond acceptors (Lipinski definition) is 5. The van der Waals surface area contributed by atoms with Gasteiger partial charge in [0.2, 0.25) is 5.91 Å². The number of hydrogen-bond donors (Lipinski definition) is 2. The van der Waals surface area contributed by atoms with Crippen LogP contribution in [0.1, 0.15) is 22.6 Å². The molecule has 27 heavy (non-hydrogen) atoms. The molecule has 3 rings (SSSR count). The molecule has 0 bridgehead atoms. The number of halogens is 2. The van der Waals surface area contributed by atoms with Gasteiger partial charge in [-0.3, -0.25) is 19.6 Å². The highest BCUT2D eigenvalue weighted by atomic mass is 35.5. The maximum atomic E-state index is 12.6. The van der Waals surface area contributed by atoms with E-state index in [9.17, 15) is 9.59 Å². The van der Waals surface area contributed by atoms with Gasteiger partial charge in [-0.25, -0.2) is 0 Å². The summed E-state index contributed by atoms with van der Waals surface area (Å²) >= 11 is 0. The summed E-state index contributed by atoms with van der Waals surface area (Å²) in [7, 11) is 3.93. The van der Waals surface area contributed by atoms with Crippen molar-refractivity contribution < 1.29 is 9.59 Å². The molecule has 0 saturated carbocycles. The molecule has 10 heteroatoms. The van der Waals surface area contributed by atoms with E-state index in [1.165, 1.54) is 0 Å². The fourth-order valence-electron chi connectivity index (χ4n) is 3.08. The lowest BCUT2D eigenvalue weighted by Gasteiger charge is -2.23. The fourth-order valence-corrected chi connectivity index (χ4v) is 3.08. The molecule has 8 nitrogen and oxygen atoms in total. The zero-order chi connectivity index (χ0) is 17.8. The first-order chi connectivity index (χ1) is 12.0. The second-order valence-corrected chi connectivity index (χ2v) is 6.73. The van der Waals surface area contributed by atoms with Crippen LogP contribution < -0.4 is 10.6 Å². The van der Waals surface area contributed by atoms with E-state index < -0.39 is 0 Å². The molecular weight excluding hydrogens is 391 g/mol. The number of carbonyl (C=O) groups excluding carboxylic acids is 2. The molecule has 0 fully saturated rings. The smallest absolute Gasteiger partial charge is 0.271 e. The van der Waals surface area contributed by atoms with Gasteiger partial charge in [0.1, 0.15) is 6.04 Å². The summed E-state index contributed by atoms with van der Waals surface area (Å²) in [6.45, 7) is 4.01. The lowest BCUT2D eigenvalue weighted by Crippen LogP contribution is -2.43. The van der Waals surface area contributed by atoms with Crippen molar-refractivity contribution in [2.75, 3.05) is 40.3 Å². The summed E-state index contributed by atoms with van der Waals surface area (Å²) < 4.78 is 1.85. The van der Waals surface area contributed by atoms with Gasteiger partial charge in [-0.2, -0.15) is 5.10 Å². The molecule has 1 aromatic heterocycles. The van der Waals surface area contributed by atoms with Crippen LogP contribution in [0.25, 0.3) is 0 Å². The maximum absolute atomic E-state index is 12.6. The summed E-state index contributed by atoms with van der Waals surface area (Å²) in [5.41, 5.74) is 1.33. The number of fused-ring (bicyclic) bond motifs is 1. The highest BCUT2D eigenvalue weighted by Crippen LogP contribution is 2.15. The molecule has 0 aromatic carbocycles. The molecule has 0 aliphatic carbocycles. The quantitative estimate of drug-likeness (QED) is 0.670. The van der Waals surface area contributed by atoms with Crippen molar-refractivity contribution in [3.05, 3.63) is 29.6 Å². The largest absolute Gasteiger partial charge is 0.349 e. The molecule has 2 amide bonds. The van der Waals surface area contributed by atoms with Crippen LogP contribution in [0.4, 0.5) is 0 Å². The van der Waals surface area contributed by atoms with Crippen molar-refractivity contribution in [2.24, 2.45) is 0 Å². The molecule has 0 spiro atoms. The first-order valence-corrected chi connectivity index (χ1v) is 8.73. The lowest BCUT2D eigenvalue weighted by atomic mass is 10.2. The van der Waals surface area contributed by atoms with E-state index >= 15 is 0 Å². The molecule has 1 unspecified atom stereocenters. The summed E-state index contributed by atoms with van der Waals surface area (Å²) in [6, 6.07) is 1.57. The minimum absolute atomic E-state index is 0. The topological polar surface area (TPSA) is 82.5 Å². The Bertz CT molecular complexity index is 676. The van der Waals surface area contributed by atoms with Gasteiger partial charge in [0, 0.05) is 32.7 Å². The second-order valence-electron chi connectivity index (χ2n) is 6.73. The Labute approximate surface area is 172 Å². The summed E-state index contributed by atoms with van der Waals surface area (Å²) in [5.74, 6) is -0.0823.